The number of carbonyl (C=O) groups is 1. The van der Waals surface area contributed by atoms with Crippen molar-refractivity contribution in [2.24, 2.45) is 4.99 Å². The smallest absolute Gasteiger partial charge is 0.306 e. The maximum atomic E-state index is 11.2. The number of phenols is 1. The summed E-state index contributed by atoms with van der Waals surface area (Å²) in [6.45, 7) is 2.14. The number of carbonyl (C=O) groups excluding carboxylic acids is 1. The van der Waals surface area contributed by atoms with E-state index < -0.39 is 0 Å². The molecule has 1 aromatic carbocycles. The second-order valence-corrected chi connectivity index (χ2v) is 4.64. The lowest BCUT2D eigenvalue weighted by molar-refractivity contribution is -0.142. The Morgan fingerprint density at radius 2 is 2.22 bits per heavy atom. The third-order valence-electron chi connectivity index (χ3n) is 2.09. The molecule has 4 nitrogen and oxygen atoms in total. The molecule has 0 aliphatic carbocycles. The van der Waals surface area contributed by atoms with Crippen LogP contribution in [0.5, 0.6) is 5.75 Å². The number of aliphatic imine (C=N–C) groups is 1. The van der Waals surface area contributed by atoms with Crippen molar-refractivity contribution in [2.45, 2.75) is 19.8 Å². The van der Waals surface area contributed by atoms with Crippen LogP contribution < -0.4 is 0 Å². The zero-order chi connectivity index (χ0) is 13.5. The highest BCUT2D eigenvalue weighted by molar-refractivity contribution is 7.40. The molecule has 0 aliphatic heterocycles. The molecule has 0 amide bonds. The van der Waals surface area contributed by atoms with Crippen LogP contribution in [0.2, 0.25) is 5.02 Å². The monoisotopic (exact) mass is 287 g/mol. The average Bonchev–Trinajstić information content (AvgIpc) is 2.31. The third-order valence-corrected chi connectivity index (χ3v) is 2.74. The quantitative estimate of drug-likeness (QED) is 0.513. The SMILES string of the molecule is CCOC(=O)CCC(P)=Nc1ccc(Cl)cc1O. The highest BCUT2D eigenvalue weighted by atomic mass is 35.5. The van der Waals surface area contributed by atoms with Gasteiger partial charge in [-0.25, -0.2) is 4.99 Å². The van der Waals surface area contributed by atoms with Gasteiger partial charge < -0.3 is 9.84 Å². The van der Waals surface area contributed by atoms with Crippen LogP contribution in [0, 0.1) is 0 Å². The van der Waals surface area contributed by atoms with E-state index in [-0.39, 0.29) is 18.1 Å². The van der Waals surface area contributed by atoms with Crippen molar-refractivity contribution in [1.82, 2.24) is 0 Å². The predicted octanol–water partition coefficient (Wildman–Crippen LogP) is 3.29. The molecule has 0 fully saturated rings. The van der Waals surface area contributed by atoms with Gasteiger partial charge in [-0.1, -0.05) is 20.8 Å². The van der Waals surface area contributed by atoms with Gasteiger partial charge in [0.1, 0.15) is 11.4 Å². The Morgan fingerprint density at radius 3 is 2.83 bits per heavy atom. The fraction of sp³-hybridized carbons (Fsp3) is 0.333. The first-order chi connectivity index (χ1) is 8.52. The number of esters is 1. The number of rotatable bonds is 5. The normalized spacial score (nSPS) is 11.4. The molecule has 0 spiro atoms. The molecule has 0 heterocycles. The fourth-order valence-electron chi connectivity index (χ4n) is 1.27. The second kappa shape index (κ2) is 7.34. The van der Waals surface area contributed by atoms with Gasteiger partial charge in [0.05, 0.1) is 13.0 Å². The van der Waals surface area contributed by atoms with E-state index >= 15 is 0 Å². The molecular weight excluding hydrogens is 273 g/mol. The van der Waals surface area contributed by atoms with Gasteiger partial charge in [-0.05, 0) is 25.5 Å². The van der Waals surface area contributed by atoms with E-state index in [2.05, 4.69) is 14.2 Å². The van der Waals surface area contributed by atoms with Crippen LogP contribution in [0.15, 0.2) is 23.2 Å². The molecule has 0 bridgehead atoms. The molecule has 98 valence electrons. The summed E-state index contributed by atoms with van der Waals surface area (Å²) in [7, 11) is 2.44. The van der Waals surface area contributed by atoms with Crippen LogP contribution in [0.25, 0.3) is 0 Å². The van der Waals surface area contributed by atoms with Crippen LogP contribution in [-0.2, 0) is 9.53 Å². The molecule has 6 heteroatoms. The zero-order valence-electron chi connectivity index (χ0n) is 10.0. The van der Waals surface area contributed by atoms with Gasteiger partial charge in [0.15, 0.2) is 0 Å². The van der Waals surface area contributed by atoms with E-state index in [1.807, 2.05) is 0 Å². The molecule has 1 aromatic rings. The lowest BCUT2D eigenvalue weighted by Crippen LogP contribution is -2.04. The Balaban J connectivity index is 2.62. The summed E-state index contributed by atoms with van der Waals surface area (Å²) >= 11 is 5.72. The minimum absolute atomic E-state index is 0.0126. The number of halogens is 1. The van der Waals surface area contributed by atoms with Crippen LogP contribution in [0.1, 0.15) is 19.8 Å². The summed E-state index contributed by atoms with van der Waals surface area (Å²) in [4.78, 5) is 15.4. The summed E-state index contributed by atoms with van der Waals surface area (Å²) in [5, 5.41) is 10.1. The molecule has 0 aliphatic rings. The number of hydrogen-bond donors (Lipinski definition) is 1. The summed E-state index contributed by atoms with van der Waals surface area (Å²) in [6.07, 6.45) is 0.732. The lowest BCUT2D eigenvalue weighted by Gasteiger charge is -2.03. The topological polar surface area (TPSA) is 58.9 Å². The molecular formula is C12H15ClNO3P. The minimum atomic E-state index is -0.257. The van der Waals surface area contributed by atoms with Crippen molar-refractivity contribution in [3.63, 3.8) is 0 Å². The van der Waals surface area contributed by atoms with Crippen LogP contribution in [0.3, 0.4) is 0 Å². The second-order valence-electron chi connectivity index (χ2n) is 3.54. The van der Waals surface area contributed by atoms with E-state index in [1.54, 1.807) is 19.1 Å². The summed E-state index contributed by atoms with van der Waals surface area (Å²) in [6, 6.07) is 4.68. The van der Waals surface area contributed by atoms with Gasteiger partial charge in [-0.2, -0.15) is 0 Å². The maximum absolute atomic E-state index is 11.2. The Bertz CT molecular complexity index is 463. The summed E-state index contributed by atoms with van der Waals surface area (Å²) in [5.41, 5.74) is 1.09. The Kier molecular flexibility index (Phi) is 6.10. The highest BCUT2D eigenvalue weighted by Crippen LogP contribution is 2.30. The Hall–Kier alpha value is -1.12. The van der Waals surface area contributed by atoms with E-state index in [0.717, 1.165) is 0 Å². The van der Waals surface area contributed by atoms with Crippen molar-refractivity contribution in [3.8, 4) is 5.75 Å². The Morgan fingerprint density at radius 1 is 1.50 bits per heavy atom. The largest absolute Gasteiger partial charge is 0.506 e. The molecule has 0 saturated carbocycles. The van der Waals surface area contributed by atoms with Crippen molar-refractivity contribution in [3.05, 3.63) is 23.2 Å². The van der Waals surface area contributed by atoms with Crippen molar-refractivity contribution >= 4 is 38.0 Å². The average molecular weight is 288 g/mol. The standard InChI is InChI=1S/C12H15ClNO3P/c1-2-17-12(16)6-5-11(18)14-9-4-3-8(13)7-10(9)15/h3-4,7,15H,2,5-6,18H2,1H3. The number of ether oxygens (including phenoxy) is 1. The van der Waals surface area contributed by atoms with Crippen LogP contribution in [0.4, 0.5) is 5.69 Å². The Labute approximate surface area is 113 Å². The first-order valence-electron chi connectivity index (χ1n) is 5.50. The van der Waals surface area contributed by atoms with Gasteiger partial charge in [-0.3, -0.25) is 4.79 Å². The first kappa shape index (κ1) is 14.9. The van der Waals surface area contributed by atoms with E-state index in [9.17, 15) is 9.90 Å². The number of hydrogen-bond acceptors (Lipinski definition) is 4. The van der Waals surface area contributed by atoms with Crippen LogP contribution >= 0.6 is 20.8 Å². The third kappa shape index (κ3) is 5.03. The van der Waals surface area contributed by atoms with Crippen molar-refractivity contribution in [1.29, 1.82) is 0 Å². The number of aromatic hydroxyl groups is 1. The number of phenolic OH excluding ortho intramolecular Hbond substituents is 1. The van der Waals surface area contributed by atoms with Gasteiger partial charge >= 0.3 is 5.97 Å². The molecule has 18 heavy (non-hydrogen) atoms. The molecule has 1 N–H and O–H groups in total. The summed E-state index contributed by atoms with van der Waals surface area (Å²) < 4.78 is 4.81. The molecule has 1 unspecified atom stereocenters. The highest BCUT2D eigenvalue weighted by Gasteiger charge is 2.05. The summed E-state index contributed by atoms with van der Waals surface area (Å²) in [5.74, 6) is -0.244. The van der Waals surface area contributed by atoms with E-state index in [4.69, 9.17) is 16.3 Å². The lowest BCUT2D eigenvalue weighted by atomic mass is 10.3. The van der Waals surface area contributed by atoms with E-state index in [0.29, 0.717) is 29.2 Å². The first-order valence-corrected chi connectivity index (χ1v) is 6.45. The van der Waals surface area contributed by atoms with Gasteiger partial charge in [0.2, 0.25) is 0 Å². The van der Waals surface area contributed by atoms with Gasteiger partial charge in [-0.15, -0.1) is 0 Å². The van der Waals surface area contributed by atoms with Gasteiger partial charge in [0.25, 0.3) is 0 Å². The maximum Gasteiger partial charge on any atom is 0.306 e. The van der Waals surface area contributed by atoms with E-state index in [1.165, 1.54) is 6.07 Å². The zero-order valence-corrected chi connectivity index (χ0v) is 11.9. The molecule has 0 saturated heterocycles. The molecule has 0 aromatic heterocycles. The van der Waals surface area contributed by atoms with Crippen molar-refractivity contribution in [2.75, 3.05) is 6.61 Å². The van der Waals surface area contributed by atoms with Gasteiger partial charge in [0, 0.05) is 16.5 Å². The molecule has 1 rings (SSSR count). The minimum Gasteiger partial charge on any atom is -0.506 e. The molecule has 1 atom stereocenters. The van der Waals surface area contributed by atoms with Crippen LogP contribution in [-0.4, -0.2) is 23.1 Å². The fourth-order valence-corrected chi connectivity index (χ4v) is 1.71. The molecule has 0 radical (unpaired) electrons. The number of nitrogens with zero attached hydrogens (tertiary/aromatic N) is 1. The predicted molar refractivity (Wildman–Crippen MR) is 75.8 cm³/mol. The van der Waals surface area contributed by atoms with Crippen molar-refractivity contribution < 1.29 is 14.6 Å². The number of benzene rings is 1.